The normalized spacial score (nSPS) is 13.7. The molecule has 1 aliphatic heterocycles. The van der Waals surface area contributed by atoms with Gasteiger partial charge in [-0.2, -0.15) is 0 Å². The molecular weight excluding hydrogens is 316 g/mol. The third-order valence-corrected chi connectivity index (χ3v) is 4.40. The van der Waals surface area contributed by atoms with Gasteiger partial charge in [0.2, 0.25) is 6.34 Å². The number of carbonyl (C=O) groups excluding carboxylic acids is 2. The Balaban J connectivity index is 2.14. The van der Waals surface area contributed by atoms with Gasteiger partial charge in [0.1, 0.15) is 13.1 Å². The highest BCUT2D eigenvalue weighted by Crippen LogP contribution is 1.99. The number of unbranched alkanes of at least 4 members (excludes halogenated alkanes) is 6. The van der Waals surface area contributed by atoms with Gasteiger partial charge in [-0.25, -0.2) is 0 Å². The monoisotopic (exact) mass is 353 g/mol. The fourth-order valence-corrected chi connectivity index (χ4v) is 2.88. The van der Waals surface area contributed by atoms with Crippen LogP contribution in [0.15, 0.2) is 0 Å². The molecule has 6 heteroatoms. The van der Waals surface area contributed by atoms with Gasteiger partial charge >= 0.3 is 0 Å². The maximum absolute atomic E-state index is 11.9. The van der Waals surface area contributed by atoms with Crippen LogP contribution in [0.3, 0.4) is 0 Å². The standard InChI is InChI=1S/C19H36N4O2/c1-3-5-7-9-11-20-18(24)15-22-13-14-23(17-22)16-19(25)21-12-10-8-6-4-2/h17H,3-16H2,1-2H3,(H-,20,21,24,25)/p+1. The van der Waals surface area contributed by atoms with Crippen LogP contribution < -0.4 is 10.6 Å². The van der Waals surface area contributed by atoms with Crippen LogP contribution in [-0.2, 0) is 9.59 Å². The largest absolute Gasteiger partial charge is 0.353 e. The van der Waals surface area contributed by atoms with Crippen molar-refractivity contribution >= 4 is 18.2 Å². The van der Waals surface area contributed by atoms with Crippen molar-refractivity contribution in [2.24, 2.45) is 0 Å². The van der Waals surface area contributed by atoms with E-state index in [1.54, 1.807) is 0 Å². The minimum atomic E-state index is 0.0648. The summed E-state index contributed by atoms with van der Waals surface area (Å²) in [5.41, 5.74) is 0. The fraction of sp³-hybridized carbons (Fsp3) is 0.842. The van der Waals surface area contributed by atoms with E-state index in [1.165, 1.54) is 38.5 Å². The predicted molar refractivity (Wildman–Crippen MR) is 102 cm³/mol. The molecular formula is C19H37N4O2+. The highest BCUT2D eigenvalue weighted by Gasteiger charge is 2.22. The second-order valence-electron chi connectivity index (χ2n) is 6.88. The summed E-state index contributed by atoms with van der Waals surface area (Å²) in [5.74, 6) is 0.130. The molecule has 1 rings (SSSR count). The lowest BCUT2D eigenvalue weighted by Gasteiger charge is -2.07. The van der Waals surface area contributed by atoms with Crippen LogP contribution in [0.25, 0.3) is 0 Å². The van der Waals surface area contributed by atoms with Crippen molar-refractivity contribution in [3.8, 4) is 0 Å². The van der Waals surface area contributed by atoms with Crippen molar-refractivity contribution in [3.63, 3.8) is 0 Å². The third kappa shape index (κ3) is 10.8. The summed E-state index contributed by atoms with van der Waals surface area (Å²) < 4.78 is 1.98. The van der Waals surface area contributed by atoms with Gasteiger partial charge in [-0.1, -0.05) is 52.4 Å². The molecule has 0 atom stereocenters. The minimum Gasteiger partial charge on any atom is -0.353 e. The Morgan fingerprint density at radius 3 is 2.12 bits per heavy atom. The van der Waals surface area contributed by atoms with E-state index in [-0.39, 0.29) is 11.8 Å². The number of nitrogens with zero attached hydrogens (tertiary/aromatic N) is 2. The highest BCUT2D eigenvalue weighted by molar-refractivity contribution is 5.80. The van der Waals surface area contributed by atoms with Gasteiger partial charge in [-0.15, -0.1) is 0 Å². The van der Waals surface area contributed by atoms with Crippen LogP contribution in [0.1, 0.15) is 65.2 Å². The number of rotatable bonds is 14. The number of hydrogen-bond acceptors (Lipinski definition) is 3. The zero-order valence-electron chi connectivity index (χ0n) is 16.2. The van der Waals surface area contributed by atoms with Crippen molar-refractivity contribution in [3.05, 3.63) is 0 Å². The van der Waals surface area contributed by atoms with Gasteiger partial charge < -0.3 is 10.6 Å². The van der Waals surface area contributed by atoms with Crippen LogP contribution in [0.5, 0.6) is 0 Å². The predicted octanol–water partition coefficient (Wildman–Crippen LogP) is 1.74. The summed E-state index contributed by atoms with van der Waals surface area (Å²) in [6.07, 6.45) is 11.2. The average molecular weight is 354 g/mol. The third-order valence-electron chi connectivity index (χ3n) is 4.40. The van der Waals surface area contributed by atoms with Gasteiger partial charge in [0.25, 0.3) is 11.8 Å². The SMILES string of the molecule is CCCCCCNC(=O)CN1C=[N+](CC(=O)NCCCCCC)CC1. The van der Waals surface area contributed by atoms with Gasteiger partial charge in [0, 0.05) is 13.1 Å². The molecule has 0 aliphatic carbocycles. The lowest BCUT2D eigenvalue weighted by Crippen LogP contribution is -2.36. The summed E-state index contributed by atoms with van der Waals surface area (Å²) in [4.78, 5) is 25.8. The van der Waals surface area contributed by atoms with Crippen LogP contribution in [0, 0.1) is 0 Å². The number of hydrogen-bond donors (Lipinski definition) is 2. The van der Waals surface area contributed by atoms with Crippen LogP contribution in [-0.4, -0.2) is 66.9 Å². The molecule has 0 aromatic rings. The molecule has 0 bridgehead atoms. The molecule has 2 amide bonds. The first-order chi connectivity index (χ1) is 12.2. The zero-order valence-corrected chi connectivity index (χ0v) is 16.2. The molecule has 0 saturated carbocycles. The maximum atomic E-state index is 11.9. The Bertz CT molecular complexity index is 424. The van der Waals surface area contributed by atoms with Crippen molar-refractivity contribution in [2.45, 2.75) is 65.2 Å². The summed E-state index contributed by atoms with van der Waals surface area (Å²) >= 11 is 0. The van der Waals surface area contributed by atoms with Crippen LogP contribution >= 0.6 is 0 Å². The van der Waals surface area contributed by atoms with Gasteiger partial charge in [-0.05, 0) is 12.8 Å². The molecule has 0 fully saturated rings. The van der Waals surface area contributed by atoms with Gasteiger partial charge in [0.15, 0.2) is 13.1 Å². The Labute approximate surface area is 153 Å². The van der Waals surface area contributed by atoms with E-state index < -0.39 is 0 Å². The second kappa shape index (κ2) is 13.7. The van der Waals surface area contributed by atoms with Crippen molar-refractivity contribution < 1.29 is 14.2 Å². The first kappa shape index (κ1) is 21.5. The summed E-state index contributed by atoms with van der Waals surface area (Å²) in [6, 6.07) is 0. The Hall–Kier alpha value is -1.59. The van der Waals surface area contributed by atoms with Crippen LogP contribution in [0.4, 0.5) is 0 Å². The van der Waals surface area contributed by atoms with Crippen molar-refractivity contribution in [2.75, 3.05) is 39.3 Å². The molecule has 0 unspecified atom stereocenters. The Kier molecular flexibility index (Phi) is 11.7. The first-order valence-corrected chi connectivity index (χ1v) is 10.0. The minimum absolute atomic E-state index is 0.0648. The molecule has 1 aliphatic rings. The molecule has 0 radical (unpaired) electrons. The molecule has 0 aromatic heterocycles. The molecule has 144 valence electrons. The molecule has 6 nitrogen and oxygen atoms in total. The topological polar surface area (TPSA) is 64.5 Å². The summed E-state index contributed by atoms with van der Waals surface area (Å²) in [5, 5.41) is 5.94. The molecule has 0 saturated heterocycles. The first-order valence-electron chi connectivity index (χ1n) is 10.0. The van der Waals surface area contributed by atoms with E-state index in [1.807, 2.05) is 15.8 Å². The maximum Gasteiger partial charge on any atom is 0.261 e. The van der Waals surface area contributed by atoms with E-state index >= 15 is 0 Å². The highest BCUT2D eigenvalue weighted by atomic mass is 16.2. The zero-order chi connectivity index (χ0) is 18.3. The van der Waals surface area contributed by atoms with Gasteiger partial charge in [-0.3, -0.25) is 19.1 Å². The lowest BCUT2D eigenvalue weighted by molar-refractivity contribution is -0.502. The number of carbonyl (C=O) groups is 2. The molecule has 0 aromatic carbocycles. The smallest absolute Gasteiger partial charge is 0.261 e. The molecule has 25 heavy (non-hydrogen) atoms. The summed E-state index contributed by atoms with van der Waals surface area (Å²) in [6.45, 7) is 8.24. The summed E-state index contributed by atoms with van der Waals surface area (Å²) in [7, 11) is 0. The lowest BCUT2D eigenvalue weighted by atomic mass is 10.2. The fourth-order valence-electron chi connectivity index (χ4n) is 2.88. The Morgan fingerprint density at radius 2 is 1.52 bits per heavy atom. The van der Waals surface area contributed by atoms with Crippen molar-refractivity contribution in [1.82, 2.24) is 15.5 Å². The number of nitrogens with one attached hydrogen (secondary N) is 2. The van der Waals surface area contributed by atoms with Crippen LogP contribution in [0.2, 0.25) is 0 Å². The Morgan fingerprint density at radius 1 is 0.920 bits per heavy atom. The second-order valence-corrected chi connectivity index (χ2v) is 6.88. The quantitative estimate of drug-likeness (QED) is 0.369. The molecule has 2 N–H and O–H groups in total. The van der Waals surface area contributed by atoms with E-state index in [0.29, 0.717) is 13.1 Å². The molecule has 1 heterocycles. The van der Waals surface area contributed by atoms with Gasteiger partial charge in [0.05, 0.1) is 0 Å². The van der Waals surface area contributed by atoms with E-state index in [4.69, 9.17) is 0 Å². The van der Waals surface area contributed by atoms with Crippen molar-refractivity contribution in [1.29, 1.82) is 0 Å². The van der Waals surface area contributed by atoms with E-state index in [0.717, 1.165) is 39.0 Å². The molecule has 0 spiro atoms. The number of amides is 2. The van der Waals surface area contributed by atoms with E-state index in [2.05, 4.69) is 24.5 Å². The van der Waals surface area contributed by atoms with E-state index in [9.17, 15) is 9.59 Å². The average Bonchev–Trinajstić information content (AvgIpc) is 3.01.